The minimum absolute atomic E-state index is 0.226. The van der Waals surface area contributed by atoms with Crippen molar-refractivity contribution >= 4 is 39.3 Å². The lowest BCUT2D eigenvalue weighted by molar-refractivity contribution is -0.139. The van der Waals surface area contributed by atoms with Crippen molar-refractivity contribution < 1.29 is 19.0 Å². The lowest BCUT2D eigenvalue weighted by Gasteiger charge is -2.24. The lowest BCUT2D eigenvalue weighted by atomic mass is 9.95. The van der Waals surface area contributed by atoms with Gasteiger partial charge in [-0.25, -0.2) is 9.79 Å². The van der Waals surface area contributed by atoms with E-state index in [9.17, 15) is 9.59 Å². The quantitative estimate of drug-likeness (QED) is 0.290. The van der Waals surface area contributed by atoms with E-state index in [0.29, 0.717) is 43.2 Å². The van der Waals surface area contributed by atoms with Crippen molar-refractivity contribution in [2.45, 2.75) is 26.8 Å². The SMILES string of the molecule is C=CCOc1c(Br)cc(/C=c2\sc3n(c2=O)[C@H](c2ccc(C)cc2)C(C(=O)OCC)=C(C)N=3)cc1OC. The molecule has 4 rings (SSSR count). The van der Waals surface area contributed by atoms with Crippen LogP contribution in [0, 0.1) is 6.92 Å². The number of carbonyl (C=O) groups excluding carboxylic acids is 1. The molecule has 0 bridgehead atoms. The molecule has 2 aromatic carbocycles. The number of aryl methyl sites for hydroxylation is 1. The molecule has 0 spiro atoms. The van der Waals surface area contributed by atoms with Crippen molar-refractivity contribution in [3.8, 4) is 11.5 Å². The highest BCUT2D eigenvalue weighted by Gasteiger charge is 2.33. The topological polar surface area (TPSA) is 79.1 Å². The Bertz CT molecular complexity index is 1570. The van der Waals surface area contributed by atoms with Crippen molar-refractivity contribution in [3.63, 3.8) is 0 Å². The number of esters is 1. The number of hydrogen-bond donors (Lipinski definition) is 0. The molecule has 0 N–H and O–H groups in total. The number of thiazole rings is 1. The first-order chi connectivity index (χ1) is 17.8. The highest BCUT2D eigenvalue weighted by Crippen LogP contribution is 2.37. The lowest BCUT2D eigenvalue weighted by Crippen LogP contribution is -2.39. The van der Waals surface area contributed by atoms with Crippen LogP contribution in [0.1, 0.15) is 36.6 Å². The van der Waals surface area contributed by atoms with Crippen LogP contribution in [0.3, 0.4) is 0 Å². The molecule has 0 fully saturated rings. The van der Waals surface area contributed by atoms with Gasteiger partial charge in [-0.1, -0.05) is 53.8 Å². The van der Waals surface area contributed by atoms with Crippen LogP contribution in [0.2, 0.25) is 0 Å². The zero-order valence-corrected chi connectivity index (χ0v) is 23.4. The maximum Gasteiger partial charge on any atom is 0.338 e. The summed E-state index contributed by atoms with van der Waals surface area (Å²) in [5, 5.41) is 0. The number of methoxy groups -OCH3 is 1. The third-order valence-corrected chi connectivity index (χ3v) is 7.38. The molecule has 37 heavy (non-hydrogen) atoms. The molecule has 0 saturated heterocycles. The van der Waals surface area contributed by atoms with Crippen LogP contribution in [-0.4, -0.2) is 30.9 Å². The van der Waals surface area contributed by atoms with E-state index < -0.39 is 12.0 Å². The minimum Gasteiger partial charge on any atom is -0.493 e. The van der Waals surface area contributed by atoms with Gasteiger partial charge in [0.25, 0.3) is 5.56 Å². The molecule has 0 saturated carbocycles. The molecule has 192 valence electrons. The first-order valence-electron chi connectivity index (χ1n) is 11.7. The van der Waals surface area contributed by atoms with E-state index in [4.69, 9.17) is 14.2 Å². The zero-order valence-electron chi connectivity index (χ0n) is 21.0. The highest BCUT2D eigenvalue weighted by atomic mass is 79.9. The molecule has 0 amide bonds. The summed E-state index contributed by atoms with van der Waals surface area (Å²) >= 11 is 4.80. The summed E-state index contributed by atoms with van der Waals surface area (Å²) in [7, 11) is 1.56. The van der Waals surface area contributed by atoms with E-state index in [1.54, 1.807) is 43.7 Å². The molecular formula is C28H27BrN2O5S. The van der Waals surface area contributed by atoms with Gasteiger partial charge in [0.15, 0.2) is 16.3 Å². The van der Waals surface area contributed by atoms with Crippen LogP contribution < -0.4 is 24.4 Å². The van der Waals surface area contributed by atoms with Gasteiger partial charge in [-0.3, -0.25) is 9.36 Å². The van der Waals surface area contributed by atoms with Gasteiger partial charge in [0.2, 0.25) is 0 Å². The maximum atomic E-state index is 13.8. The Balaban J connectivity index is 1.90. The van der Waals surface area contributed by atoms with E-state index in [2.05, 4.69) is 27.5 Å². The Morgan fingerprint density at radius 3 is 2.62 bits per heavy atom. The molecule has 0 radical (unpaired) electrons. The van der Waals surface area contributed by atoms with E-state index in [1.165, 1.54) is 11.3 Å². The maximum absolute atomic E-state index is 13.8. The fourth-order valence-electron chi connectivity index (χ4n) is 4.11. The van der Waals surface area contributed by atoms with E-state index in [0.717, 1.165) is 16.7 Å². The molecule has 9 heteroatoms. The molecule has 2 heterocycles. The smallest absolute Gasteiger partial charge is 0.338 e. The van der Waals surface area contributed by atoms with Gasteiger partial charge in [-0.2, -0.15) is 0 Å². The highest BCUT2D eigenvalue weighted by molar-refractivity contribution is 9.10. The summed E-state index contributed by atoms with van der Waals surface area (Å²) in [5.41, 5.74) is 3.28. The summed E-state index contributed by atoms with van der Waals surface area (Å²) in [6, 6.07) is 10.8. The largest absolute Gasteiger partial charge is 0.493 e. The van der Waals surface area contributed by atoms with Crippen LogP contribution >= 0.6 is 27.3 Å². The molecule has 3 aromatic rings. The Labute approximate surface area is 227 Å². The number of hydrogen-bond acceptors (Lipinski definition) is 7. The van der Waals surface area contributed by atoms with Crippen molar-refractivity contribution in [3.05, 3.63) is 101 Å². The monoisotopic (exact) mass is 582 g/mol. The van der Waals surface area contributed by atoms with Gasteiger partial charge in [0.1, 0.15) is 6.61 Å². The number of benzene rings is 2. The summed E-state index contributed by atoms with van der Waals surface area (Å²) in [4.78, 5) is 31.9. The fourth-order valence-corrected chi connectivity index (χ4v) is 5.73. The first-order valence-corrected chi connectivity index (χ1v) is 13.3. The van der Waals surface area contributed by atoms with Crippen molar-refractivity contribution in [1.29, 1.82) is 0 Å². The summed E-state index contributed by atoms with van der Waals surface area (Å²) in [6.07, 6.45) is 3.43. The van der Waals surface area contributed by atoms with Gasteiger partial charge in [-0.15, -0.1) is 0 Å². The molecule has 1 atom stereocenters. The number of carbonyl (C=O) groups is 1. The second kappa shape index (κ2) is 11.3. The molecule has 1 aliphatic rings. The Kier molecular flexibility index (Phi) is 8.14. The second-order valence-electron chi connectivity index (χ2n) is 8.35. The average molecular weight is 584 g/mol. The number of rotatable bonds is 8. The Hall–Kier alpha value is -3.43. The normalized spacial score (nSPS) is 15.2. The van der Waals surface area contributed by atoms with Crippen LogP contribution in [0.4, 0.5) is 0 Å². The summed E-state index contributed by atoms with van der Waals surface area (Å²) < 4.78 is 19.3. The van der Waals surface area contributed by atoms with Gasteiger partial charge in [0, 0.05) is 0 Å². The fraction of sp³-hybridized carbons (Fsp3) is 0.250. The second-order valence-corrected chi connectivity index (χ2v) is 10.2. The number of aromatic nitrogens is 1. The molecule has 0 aliphatic carbocycles. The van der Waals surface area contributed by atoms with Crippen molar-refractivity contribution in [1.82, 2.24) is 4.57 Å². The first kappa shape index (κ1) is 26.6. The minimum atomic E-state index is -0.644. The van der Waals surface area contributed by atoms with Crippen LogP contribution in [0.25, 0.3) is 6.08 Å². The standard InChI is InChI=1S/C28H27BrN2O5S/c1-6-12-36-25-20(29)13-18(14-21(25)34-5)15-22-26(32)31-24(19-10-8-16(3)9-11-19)23(27(33)35-7-2)17(4)30-28(31)37-22/h6,8-11,13-15,24H,1,7,12H2,2-5H3/b22-15-/t24-/m1/s1. The van der Waals surface area contributed by atoms with Crippen LogP contribution in [-0.2, 0) is 9.53 Å². The molecule has 1 aliphatic heterocycles. The van der Waals surface area contributed by atoms with E-state index in [1.807, 2.05) is 37.3 Å². The third kappa shape index (κ3) is 5.33. The molecule has 0 unspecified atom stereocenters. The van der Waals surface area contributed by atoms with Gasteiger partial charge >= 0.3 is 5.97 Å². The van der Waals surface area contributed by atoms with Crippen molar-refractivity contribution in [2.24, 2.45) is 4.99 Å². The van der Waals surface area contributed by atoms with Crippen molar-refractivity contribution in [2.75, 3.05) is 20.3 Å². The molecule has 1 aromatic heterocycles. The van der Waals surface area contributed by atoms with Crippen LogP contribution in [0.5, 0.6) is 11.5 Å². The number of ether oxygens (including phenoxy) is 3. The van der Waals surface area contributed by atoms with E-state index >= 15 is 0 Å². The number of fused-ring (bicyclic) bond motifs is 1. The number of nitrogens with zero attached hydrogens (tertiary/aromatic N) is 2. The zero-order chi connectivity index (χ0) is 26.7. The Morgan fingerprint density at radius 1 is 1.24 bits per heavy atom. The summed E-state index contributed by atoms with van der Waals surface area (Å²) in [5.74, 6) is 0.593. The molecular weight excluding hydrogens is 556 g/mol. The number of allylic oxidation sites excluding steroid dienone is 1. The number of halogens is 1. The van der Waals surface area contributed by atoms with Crippen LogP contribution in [0.15, 0.2) is 74.6 Å². The van der Waals surface area contributed by atoms with Gasteiger partial charge in [0.05, 0.1) is 40.0 Å². The Morgan fingerprint density at radius 2 is 1.97 bits per heavy atom. The average Bonchev–Trinajstić information content (AvgIpc) is 3.17. The summed E-state index contributed by atoms with van der Waals surface area (Å²) in [6.45, 7) is 9.74. The van der Waals surface area contributed by atoms with Gasteiger partial charge in [-0.05, 0) is 66.0 Å². The van der Waals surface area contributed by atoms with Gasteiger partial charge < -0.3 is 14.2 Å². The third-order valence-electron chi connectivity index (χ3n) is 5.81. The molecule has 7 nitrogen and oxygen atoms in total. The van der Waals surface area contributed by atoms with E-state index in [-0.39, 0.29) is 12.2 Å². The predicted molar refractivity (Wildman–Crippen MR) is 148 cm³/mol. The predicted octanol–water partition coefficient (Wildman–Crippen LogP) is 4.44.